The third kappa shape index (κ3) is 4.61. The predicted octanol–water partition coefficient (Wildman–Crippen LogP) is 3.76. The first-order valence-electron chi connectivity index (χ1n) is 9.98. The molecule has 2 amide bonds. The average Bonchev–Trinajstić information content (AvgIpc) is 2.86. The Hall–Kier alpha value is -2.63. The van der Waals surface area contributed by atoms with Crippen LogP contribution in [0, 0.1) is 19.7 Å². The van der Waals surface area contributed by atoms with E-state index in [2.05, 4.69) is 5.32 Å². The molecular formula is C22H28FN3O2. The number of carbonyl (C=O) groups is 2. The zero-order valence-electron chi connectivity index (χ0n) is 16.6. The Kier molecular flexibility index (Phi) is 6.49. The van der Waals surface area contributed by atoms with Gasteiger partial charge in [-0.05, 0) is 57.0 Å². The van der Waals surface area contributed by atoms with Gasteiger partial charge in [-0.25, -0.2) is 4.39 Å². The van der Waals surface area contributed by atoms with Crippen molar-refractivity contribution in [3.05, 3.63) is 53.1 Å². The summed E-state index contributed by atoms with van der Waals surface area (Å²) < 4.78 is 15.1. The fourth-order valence-electron chi connectivity index (χ4n) is 3.84. The van der Waals surface area contributed by atoms with Crippen LogP contribution in [0.4, 0.5) is 4.39 Å². The van der Waals surface area contributed by atoms with E-state index in [1.165, 1.54) is 25.0 Å². The van der Waals surface area contributed by atoms with Crippen LogP contribution in [0.5, 0.6) is 0 Å². The molecule has 5 nitrogen and oxygen atoms in total. The monoisotopic (exact) mass is 385 g/mol. The number of hydrogen-bond donors (Lipinski definition) is 1. The molecule has 1 fully saturated rings. The van der Waals surface area contributed by atoms with Gasteiger partial charge in [-0.2, -0.15) is 0 Å². The summed E-state index contributed by atoms with van der Waals surface area (Å²) in [5, 5.41) is 2.87. The number of benzene rings is 1. The molecule has 0 aliphatic carbocycles. The van der Waals surface area contributed by atoms with Crippen LogP contribution in [-0.2, 0) is 4.79 Å². The second kappa shape index (κ2) is 9.04. The second-order valence-corrected chi connectivity index (χ2v) is 7.40. The number of hydrogen-bond acceptors (Lipinski definition) is 2. The maximum atomic E-state index is 13.2. The zero-order valence-corrected chi connectivity index (χ0v) is 16.6. The Bertz CT molecular complexity index is 834. The molecule has 1 N–H and O–H groups in total. The molecule has 150 valence electrons. The first-order chi connectivity index (χ1) is 13.5. The van der Waals surface area contributed by atoms with Crippen molar-refractivity contribution in [1.29, 1.82) is 0 Å². The number of carbonyl (C=O) groups excluding carboxylic acids is 2. The Morgan fingerprint density at radius 3 is 2.32 bits per heavy atom. The number of aryl methyl sites for hydroxylation is 1. The van der Waals surface area contributed by atoms with Crippen molar-refractivity contribution in [2.45, 2.75) is 46.0 Å². The highest BCUT2D eigenvalue weighted by molar-refractivity contribution is 5.96. The first-order valence-corrected chi connectivity index (χ1v) is 9.98. The van der Waals surface area contributed by atoms with Crippen LogP contribution in [-0.4, -0.2) is 40.9 Å². The molecule has 0 bridgehead atoms. The maximum Gasteiger partial charge on any atom is 0.253 e. The molecule has 0 unspecified atom stereocenters. The zero-order chi connectivity index (χ0) is 20.1. The summed E-state index contributed by atoms with van der Waals surface area (Å²) in [5.41, 5.74) is 3.08. The molecule has 0 atom stereocenters. The second-order valence-electron chi connectivity index (χ2n) is 7.40. The molecule has 0 radical (unpaired) electrons. The van der Waals surface area contributed by atoms with E-state index in [4.69, 9.17) is 0 Å². The van der Waals surface area contributed by atoms with Gasteiger partial charge in [0.05, 0.1) is 5.56 Å². The highest BCUT2D eigenvalue weighted by Crippen LogP contribution is 2.21. The molecule has 3 rings (SSSR count). The SMILES string of the molecule is Cc1cc(C(=O)NCCC(=O)N2CCCCCC2)c(C)n1-c1ccc(F)cc1. The minimum atomic E-state index is -0.293. The van der Waals surface area contributed by atoms with Gasteiger partial charge in [-0.15, -0.1) is 0 Å². The van der Waals surface area contributed by atoms with Gasteiger partial charge in [0.1, 0.15) is 5.82 Å². The van der Waals surface area contributed by atoms with Crippen molar-refractivity contribution in [2.75, 3.05) is 19.6 Å². The third-order valence-corrected chi connectivity index (χ3v) is 5.34. The summed E-state index contributed by atoms with van der Waals surface area (Å²) in [6.07, 6.45) is 4.82. The van der Waals surface area contributed by atoms with Crippen LogP contribution < -0.4 is 5.32 Å². The molecule has 1 aliphatic heterocycles. The quantitative estimate of drug-likeness (QED) is 0.852. The predicted molar refractivity (Wildman–Crippen MR) is 107 cm³/mol. The van der Waals surface area contributed by atoms with Gasteiger partial charge in [0.25, 0.3) is 5.91 Å². The Labute approximate surface area is 165 Å². The highest BCUT2D eigenvalue weighted by atomic mass is 19.1. The number of aromatic nitrogens is 1. The van der Waals surface area contributed by atoms with Gasteiger partial charge >= 0.3 is 0 Å². The lowest BCUT2D eigenvalue weighted by Crippen LogP contribution is -2.35. The lowest BCUT2D eigenvalue weighted by molar-refractivity contribution is -0.131. The summed E-state index contributed by atoms with van der Waals surface area (Å²) in [6.45, 7) is 5.76. The number of nitrogens with one attached hydrogen (secondary N) is 1. The Morgan fingerprint density at radius 1 is 1.04 bits per heavy atom. The van der Waals surface area contributed by atoms with Crippen LogP contribution in [0.1, 0.15) is 53.8 Å². The maximum absolute atomic E-state index is 13.2. The van der Waals surface area contributed by atoms with Crippen LogP contribution in [0.3, 0.4) is 0 Å². The van der Waals surface area contributed by atoms with E-state index in [9.17, 15) is 14.0 Å². The Morgan fingerprint density at radius 2 is 1.68 bits per heavy atom. The van der Waals surface area contributed by atoms with Crippen molar-refractivity contribution in [3.63, 3.8) is 0 Å². The molecule has 6 heteroatoms. The normalized spacial score (nSPS) is 14.6. The molecule has 28 heavy (non-hydrogen) atoms. The van der Waals surface area contributed by atoms with Crippen LogP contribution >= 0.6 is 0 Å². The lowest BCUT2D eigenvalue weighted by atomic mass is 10.2. The van der Waals surface area contributed by atoms with Crippen molar-refractivity contribution in [3.8, 4) is 5.69 Å². The summed E-state index contributed by atoms with van der Waals surface area (Å²) in [5.74, 6) is -0.373. The van der Waals surface area contributed by atoms with Gasteiger partial charge in [0, 0.05) is 43.1 Å². The van der Waals surface area contributed by atoms with E-state index in [0.717, 1.165) is 43.0 Å². The Balaban J connectivity index is 1.61. The first kappa shape index (κ1) is 20.1. The number of halogens is 1. The standard InChI is InChI=1S/C22H28FN3O2/c1-16-15-20(17(2)26(16)19-9-7-18(23)8-10-19)22(28)24-12-11-21(27)25-13-5-3-4-6-14-25/h7-10,15H,3-6,11-14H2,1-2H3,(H,24,28). The van der Waals surface area contributed by atoms with Crippen LogP contribution in [0.2, 0.25) is 0 Å². The van der Waals surface area contributed by atoms with Crippen LogP contribution in [0.15, 0.2) is 30.3 Å². The van der Waals surface area contributed by atoms with E-state index >= 15 is 0 Å². The minimum absolute atomic E-state index is 0.110. The fraction of sp³-hybridized carbons (Fsp3) is 0.455. The lowest BCUT2D eigenvalue weighted by Gasteiger charge is -2.20. The molecule has 2 heterocycles. The summed E-state index contributed by atoms with van der Waals surface area (Å²) in [4.78, 5) is 26.9. The van der Waals surface area contributed by atoms with Crippen LogP contribution in [0.25, 0.3) is 5.69 Å². The molecule has 1 saturated heterocycles. The molecule has 2 aromatic rings. The van der Waals surface area contributed by atoms with E-state index in [-0.39, 0.29) is 17.6 Å². The van der Waals surface area contributed by atoms with Crippen molar-refractivity contribution in [2.24, 2.45) is 0 Å². The number of nitrogens with zero attached hydrogens (tertiary/aromatic N) is 2. The minimum Gasteiger partial charge on any atom is -0.351 e. The summed E-state index contributed by atoms with van der Waals surface area (Å²) in [7, 11) is 0. The van der Waals surface area contributed by atoms with E-state index < -0.39 is 0 Å². The molecule has 1 aromatic heterocycles. The van der Waals surface area contributed by atoms with Gasteiger partial charge in [0.2, 0.25) is 5.91 Å². The van der Waals surface area contributed by atoms with Crippen molar-refractivity contribution >= 4 is 11.8 Å². The molecule has 0 saturated carbocycles. The fourth-order valence-corrected chi connectivity index (χ4v) is 3.84. The van der Waals surface area contributed by atoms with Gasteiger partial charge in [-0.1, -0.05) is 12.8 Å². The summed E-state index contributed by atoms with van der Waals surface area (Å²) in [6, 6.07) is 8.02. The summed E-state index contributed by atoms with van der Waals surface area (Å²) >= 11 is 0. The molecule has 1 aromatic carbocycles. The molecule has 0 spiro atoms. The van der Waals surface area contributed by atoms with E-state index in [0.29, 0.717) is 18.5 Å². The van der Waals surface area contributed by atoms with Crippen molar-refractivity contribution in [1.82, 2.24) is 14.8 Å². The van der Waals surface area contributed by atoms with E-state index in [1.54, 1.807) is 12.1 Å². The van der Waals surface area contributed by atoms with Crippen molar-refractivity contribution < 1.29 is 14.0 Å². The average molecular weight is 385 g/mol. The van der Waals surface area contributed by atoms with E-state index in [1.807, 2.05) is 29.4 Å². The number of amides is 2. The molecular weight excluding hydrogens is 357 g/mol. The van der Waals surface area contributed by atoms with Gasteiger partial charge < -0.3 is 14.8 Å². The van der Waals surface area contributed by atoms with Gasteiger partial charge in [-0.3, -0.25) is 9.59 Å². The smallest absolute Gasteiger partial charge is 0.253 e. The number of rotatable bonds is 5. The molecule has 1 aliphatic rings. The highest BCUT2D eigenvalue weighted by Gasteiger charge is 2.18. The number of likely N-dealkylation sites (tertiary alicyclic amines) is 1. The van der Waals surface area contributed by atoms with Gasteiger partial charge in [0.15, 0.2) is 0 Å². The third-order valence-electron chi connectivity index (χ3n) is 5.34. The topological polar surface area (TPSA) is 54.3 Å². The largest absolute Gasteiger partial charge is 0.351 e.